The van der Waals surface area contributed by atoms with Crippen molar-refractivity contribution in [1.29, 1.82) is 0 Å². The Kier molecular flexibility index (Phi) is 5.22. The van der Waals surface area contributed by atoms with E-state index < -0.39 is 0 Å². The third-order valence-electron chi connectivity index (χ3n) is 3.86. The first kappa shape index (κ1) is 16.2. The highest BCUT2D eigenvalue weighted by Crippen LogP contribution is 2.14. The second kappa shape index (κ2) is 7.74. The number of rotatable bonds is 5. The summed E-state index contributed by atoms with van der Waals surface area (Å²) in [5.74, 6) is 1.65. The number of ether oxygens (including phenoxy) is 1. The van der Waals surface area contributed by atoms with E-state index in [2.05, 4.69) is 32.4 Å². The van der Waals surface area contributed by atoms with Crippen LogP contribution in [0.1, 0.15) is 0 Å². The fourth-order valence-electron chi connectivity index (χ4n) is 2.44. The number of aromatic nitrogens is 2. The van der Waals surface area contributed by atoms with Gasteiger partial charge in [-0.3, -0.25) is 4.79 Å². The van der Waals surface area contributed by atoms with Gasteiger partial charge in [0.05, 0.1) is 0 Å². The summed E-state index contributed by atoms with van der Waals surface area (Å²) in [6.45, 7) is 3.82. The number of likely N-dealkylation sites (N-methyl/N-ethyl adjacent to an activating group) is 1. The maximum Gasteiger partial charge on any atom is 0.263 e. The summed E-state index contributed by atoms with van der Waals surface area (Å²) in [4.78, 5) is 16.4. The van der Waals surface area contributed by atoms with Crippen LogP contribution < -0.4 is 15.0 Å². The van der Waals surface area contributed by atoms with Crippen molar-refractivity contribution in [1.82, 2.24) is 15.1 Å². The van der Waals surface area contributed by atoms with Crippen LogP contribution in [-0.4, -0.2) is 60.8 Å². The third kappa shape index (κ3) is 4.42. The number of hydrogen-bond acceptors (Lipinski definition) is 6. The molecule has 1 aromatic carbocycles. The van der Waals surface area contributed by atoms with Crippen molar-refractivity contribution < 1.29 is 9.53 Å². The molecule has 0 saturated carbocycles. The highest BCUT2D eigenvalue weighted by molar-refractivity contribution is 5.90. The molecule has 2 aromatic rings. The molecule has 3 rings (SSSR count). The molecule has 1 fully saturated rings. The Hall–Kier alpha value is -2.67. The minimum atomic E-state index is -0.263. The van der Waals surface area contributed by atoms with Crippen LogP contribution in [0.4, 0.5) is 11.6 Å². The van der Waals surface area contributed by atoms with Gasteiger partial charge in [0.2, 0.25) is 0 Å². The Bertz CT molecular complexity index is 654. The van der Waals surface area contributed by atoms with Crippen LogP contribution >= 0.6 is 0 Å². The lowest BCUT2D eigenvalue weighted by Gasteiger charge is -2.32. The van der Waals surface area contributed by atoms with Gasteiger partial charge in [0, 0.05) is 26.2 Å². The number of anilines is 2. The molecule has 1 aliphatic heterocycles. The summed E-state index contributed by atoms with van der Waals surface area (Å²) >= 11 is 0. The maximum atomic E-state index is 11.9. The Morgan fingerprint density at radius 2 is 1.83 bits per heavy atom. The van der Waals surface area contributed by atoms with Crippen LogP contribution in [0.3, 0.4) is 0 Å². The minimum Gasteiger partial charge on any atom is -0.484 e. The fraction of sp³-hybridized carbons (Fsp3) is 0.353. The van der Waals surface area contributed by atoms with E-state index in [4.69, 9.17) is 4.74 Å². The second-order valence-electron chi connectivity index (χ2n) is 5.72. The molecule has 1 saturated heterocycles. The van der Waals surface area contributed by atoms with E-state index in [1.54, 1.807) is 18.2 Å². The van der Waals surface area contributed by atoms with Crippen LogP contribution in [0.5, 0.6) is 5.75 Å². The van der Waals surface area contributed by atoms with E-state index in [1.165, 1.54) is 0 Å². The van der Waals surface area contributed by atoms with E-state index in [0.717, 1.165) is 32.0 Å². The molecule has 0 aliphatic carbocycles. The molecule has 0 radical (unpaired) electrons. The van der Waals surface area contributed by atoms with Crippen molar-refractivity contribution in [2.24, 2.45) is 0 Å². The van der Waals surface area contributed by atoms with E-state index >= 15 is 0 Å². The van der Waals surface area contributed by atoms with Gasteiger partial charge in [0.25, 0.3) is 5.91 Å². The highest BCUT2D eigenvalue weighted by atomic mass is 16.5. The van der Waals surface area contributed by atoms with Gasteiger partial charge in [0.15, 0.2) is 18.2 Å². The molecule has 0 unspecified atom stereocenters. The Morgan fingerprint density at radius 3 is 2.50 bits per heavy atom. The average Bonchev–Trinajstić information content (AvgIpc) is 2.62. The highest BCUT2D eigenvalue weighted by Gasteiger charge is 2.15. The zero-order chi connectivity index (χ0) is 16.8. The van der Waals surface area contributed by atoms with Crippen molar-refractivity contribution in [3.63, 3.8) is 0 Å². The van der Waals surface area contributed by atoms with Gasteiger partial charge >= 0.3 is 0 Å². The molecular weight excluding hydrogens is 306 g/mol. The third-order valence-corrected chi connectivity index (χ3v) is 3.86. The molecule has 1 aromatic heterocycles. The molecule has 126 valence electrons. The average molecular weight is 327 g/mol. The predicted octanol–water partition coefficient (Wildman–Crippen LogP) is 1.25. The zero-order valence-electron chi connectivity index (χ0n) is 13.7. The molecule has 7 nitrogen and oxygen atoms in total. The first-order chi connectivity index (χ1) is 11.7. The number of nitrogens with one attached hydrogen (secondary N) is 1. The van der Waals surface area contributed by atoms with Crippen molar-refractivity contribution in [2.75, 3.05) is 50.1 Å². The lowest BCUT2D eigenvalue weighted by Crippen LogP contribution is -2.44. The van der Waals surface area contributed by atoms with E-state index in [0.29, 0.717) is 11.6 Å². The summed E-state index contributed by atoms with van der Waals surface area (Å²) in [5, 5.41) is 11.0. The molecule has 2 heterocycles. The SMILES string of the molecule is CN1CCN(c2ccc(NC(=O)COc3ccccc3)nn2)CC1. The first-order valence-electron chi connectivity index (χ1n) is 7.95. The molecule has 7 heteroatoms. The smallest absolute Gasteiger partial charge is 0.263 e. The Morgan fingerprint density at radius 1 is 1.08 bits per heavy atom. The quantitative estimate of drug-likeness (QED) is 0.891. The standard InChI is InChI=1S/C17H21N5O2/c1-21-9-11-22(12-10-21)16-8-7-15(19-20-16)18-17(23)13-24-14-5-3-2-4-6-14/h2-8H,9-13H2,1H3,(H,18,19,23). The summed E-state index contributed by atoms with van der Waals surface area (Å²) < 4.78 is 5.40. The zero-order valence-corrected chi connectivity index (χ0v) is 13.7. The number of amides is 1. The summed E-state index contributed by atoms with van der Waals surface area (Å²) in [5.41, 5.74) is 0. The molecule has 24 heavy (non-hydrogen) atoms. The largest absolute Gasteiger partial charge is 0.484 e. The molecule has 0 bridgehead atoms. The van der Waals surface area contributed by atoms with Gasteiger partial charge in [-0.1, -0.05) is 18.2 Å². The van der Waals surface area contributed by atoms with E-state index in [1.807, 2.05) is 24.3 Å². The van der Waals surface area contributed by atoms with E-state index in [9.17, 15) is 4.79 Å². The number of para-hydroxylation sites is 1. The number of carbonyl (C=O) groups is 1. The van der Waals surface area contributed by atoms with Crippen LogP contribution in [-0.2, 0) is 4.79 Å². The minimum absolute atomic E-state index is 0.0636. The molecule has 0 atom stereocenters. The van der Waals surface area contributed by atoms with Gasteiger partial charge in [0.1, 0.15) is 5.75 Å². The maximum absolute atomic E-state index is 11.9. The molecule has 1 amide bonds. The van der Waals surface area contributed by atoms with Crippen LogP contribution in [0.25, 0.3) is 0 Å². The number of hydrogen-bond donors (Lipinski definition) is 1. The van der Waals surface area contributed by atoms with Gasteiger partial charge in [-0.05, 0) is 31.3 Å². The number of nitrogens with zero attached hydrogens (tertiary/aromatic N) is 4. The Labute approximate surface area is 141 Å². The van der Waals surface area contributed by atoms with Crippen molar-refractivity contribution in [3.05, 3.63) is 42.5 Å². The Balaban J connectivity index is 1.49. The number of benzene rings is 1. The molecule has 1 aliphatic rings. The van der Waals surface area contributed by atoms with Crippen molar-refractivity contribution >= 4 is 17.5 Å². The normalized spacial score (nSPS) is 15.1. The second-order valence-corrected chi connectivity index (χ2v) is 5.72. The van der Waals surface area contributed by atoms with Gasteiger partial charge in [-0.25, -0.2) is 0 Å². The van der Waals surface area contributed by atoms with Gasteiger partial charge < -0.3 is 19.9 Å². The topological polar surface area (TPSA) is 70.6 Å². The lowest BCUT2D eigenvalue weighted by atomic mass is 10.3. The number of piperazine rings is 1. The number of carbonyl (C=O) groups excluding carboxylic acids is 1. The lowest BCUT2D eigenvalue weighted by molar-refractivity contribution is -0.118. The summed E-state index contributed by atoms with van der Waals surface area (Å²) in [6, 6.07) is 12.9. The van der Waals surface area contributed by atoms with Crippen molar-refractivity contribution in [2.45, 2.75) is 0 Å². The van der Waals surface area contributed by atoms with Crippen LogP contribution in [0, 0.1) is 0 Å². The van der Waals surface area contributed by atoms with Gasteiger partial charge in [-0.15, -0.1) is 10.2 Å². The van der Waals surface area contributed by atoms with E-state index in [-0.39, 0.29) is 12.5 Å². The summed E-state index contributed by atoms with van der Waals surface area (Å²) in [6.07, 6.45) is 0. The molecule has 0 spiro atoms. The fourth-order valence-corrected chi connectivity index (χ4v) is 2.44. The predicted molar refractivity (Wildman–Crippen MR) is 92.3 cm³/mol. The molecule has 1 N–H and O–H groups in total. The van der Waals surface area contributed by atoms with Gasteiger partial charge in [-0.2, -0.15) is 0 Å². The summed E-state index contributed by atoms with van der Waals surface area (Å²) in [7, 11) is 2.11. The van der Waals surface area contributed by atoms with Crippen molar-refractivity contribution in [3.8, 4) is 5.75 Å². The van der Waals surface area contributed by atoms with Crippen LogP contribution in [0.15, 0.2) is 42.5 Å². The molecular formula is C17H21N5O2. The van der Waals surface area contributed by atoms with Crippen LogP contribution in [0.2, 0.25) is 0 Å². The first-order valence-corrected chi connectivity index (χ1v) is 7.95. The monoisotopic (exact) mass is 327 g/mol.